The van der Waals surface area contributed by atoms with Crippen molar-refractivity contribution in [1.82, 2.24) is 19.9 Å². The van der Waals surface area contributed by atoms with E-state index in [2.05, 4.69) is 51.6 Å². The maximum absolute atomic E-state index is 12.9. The third-order valence-electron chi connectivity index (χ3n) is 10.4. The molecule has 13 heteroatoms. The van der Waals surface area contributed by atoms with Gasteiger partial charge in [-0.25, -0.2) is 4.79 Å². The van der Waals surface area contributed by atoms with Crippen LogP contribution in [0.25, 0.3) is 11.4 Å². The monoisotopic (exact) mass is 657 g/mol. The highest BCUT2D eigenvalue weighted by atomic mass is 16.5. The molecule has 4 aliphatic rings. The zero-order valence-corrected chi connectivity index (χ0v) is 27.8. The van der Waals surface area contributed by atoms with Gasteiger partial charge in [-0.1, -0.05) is 0 Å². The second-order valence-corrected chi connectivity index (χ2v) is 13.6. The van der Waals surface area contributed by atoms with E-state index in [4.69, 9.17) is 19.7 Å². The first-order valence-corrected chi connectivity index (χ1v) is 17.2. The largest absolute Gasteiger partial charge is 0.394 e. The van der Waals surface area contributed by atoms with Crippen molar-refractivity contribution >= 4 is 35.0 Å². The lowest BCUT2D eigenvalue weighted by Crippen LogP contribution is -2.47. The first-order valence-electron chi connectivity index (χ1n) is 17.2. The fourth-order valence-corrected chi connectivity index (χ4v) is 7.71. The van der Waals surface area contributed by atoms with E-state index in [1.807, 2.05) is 41.3 Å². The van der Waals surface area contributed by atoms with Crippen LogP contribution in [0.5, 0.6) is 0 Å². The summed E-state index contributed by atoms with van der Waals surface area (Å²) in [6.45, 7) is 3.24. The van der Waals surface area contributed by atoms with Crippen LogP contribution in [-0.4, -0.2) is 120 Å². The van der Waals surface area contributed by atoms with Crippen LogP contribution in [0.4, 0.5) is 33.8 Å². The summed E-state index contributed by atoms with van der Waals surface area (Å²) < 4.78 is 5.81. The second-order valence-electron chi connectivity index (χ2n) is 13.6. The van der Waals surface area contributed by atoms with Gasteiger partial charge in [-0.3, -0.25) is 0 Å². The van der Waals surface area contributed by atoms with Crippen molar-refractivity contribution in [2.75, 3.05) is 78.9 Å². The molecule has 4 aliphatic heterocycles. The molecule has 2 amide bonds. The topological polar surface area (TPSA) is 142 Å². The summed E-state index contributed by atoms with van der Waals surface area (Å²) in [7, 11) is 4.29. The molecular formula is C35H47N9O4. The van der Waals surface area contributed by atoms with Crippen molar-refractivity contribution in [3.8, 4) is 11.4 Å². The lowest BCUT2D eigenvalue weighted by molar-refractivity contribution is 0.0897. The summed E-state index contributed by atoms with van der Waals surface area (Å²) >= 11 is 0. The Bertz CT molecular complexity index is 1520. The Morgan fingerprint density at radius 2 is 1.31 bits per heavy atom. The van der Waals surface area contributed by atoms with Crippen molar-refractivity contribution in [2.24, 2.45) is 0 Å². The molecule has 0 radical (unpaired) electrons. The number of benzene rings is 2. The SMILES string of the molecule is CN(C)C1CCN(c2ccc(NC(=O)Nc3ccc(-c4nc(N5C6CCC5COC6)nc(N5[C@H](CO)CC[C@@H]5CO)n4)cc3)cc2)CC1. The molecule has 3 aromatic rings. The van der Waals surface area contributed by atoms with Gasteiger partial charge in [0, 0.05) is 41.8 Å². The number of carbonyl (C=O) groups excluding carboxylic acids is 1. The molecule has 4 saturated heterocycles. The number of aliphatic hydroxyl groups is 2. The summed E-state index contributed by atoms with van der Waals surface area (Å²) in [5.41, 5.74) is 3.31. The van der Waals surface area contributed by atoms with Crippen molar-refractivity contribution < 1.29 is 19.7 Å². The lowest BCUT2D eigenvalue weighted by Gasteiger charge is -2.36. The third kappa shape index (κ3) is 6.77. The van der Waals surface area contributed by atoms with Gasteiger partial charge < -0.3 is 45.2 Å². The normalized spacial score (nSPS) is 24.4. The van der Waals surface area contributed by atoms with Gasteiger partial charge in [0.15, 0.2) is 5.82 Å². The minimum absolute atomic E-state index is 0.0435. The standard InChI is InChI=1S/C35H47N9O4/c1-41(2)26-15-17-42(18-16-26)27-9-7-25(8-10-27)37-35(47)36-24-5-3-23(4-6-24)32-38-33(43-28(19-45)11-12-29(43)20-46)40-34(39-32)44-30-13-14-31(44)22-48-21-30/h3-10,26,28-31,45-46H,11-22H2,1-2H3,(H2,36,37,47)/t28-,29+,30?,31?. The molecule has 48 heavy (non-hydrogen) atoms. The number of morpholine rings is 1. The Balaban J connectivity index is 1.05. The van der Waals surface area contributed by atoms with Crippen LogP contribution in [0.2, 0.25) is 0 Å². The highest BCUT2D eigenvalue weighted by molar-refractivity contribution is 6.00. The Labute approximate surface area is 281 Å². The summed E-state index contributed by atoms with van der Waals surface area (Å²) in [5, 5.41) is 26.1. The molecule has 0 aliphatic carbocycles. The predicted octanol–water partition coefficient (Wildman–Crippen LogP) is 3.40. The van der Waals surface area contributed by atoms with Crippen LogP contribution >= 0.6 is 0 Å². The van der Waals surface area contributed by atoms with Gasteiger partial charge in [0.05, 0.1) is 50.6 Å². The number of aliphatic hydroxyl groups excluding tert-OH is 2. The number of amides is 2. The van der Waals surface area contributed by atoms with Crippen LogP contribution in [0.15, 0.2) is 48.5 Å². The van der Waals surface area contributed by atoms with Gasteiger partial charge in [0.25, 0.3) is 0 Å². The Morgan fingerprint density at radius 1 is 0.771 bits per heavy atom. The number of nitrogens with zero attached hydrogens (tertiary/aromatic N) is 7. The van der Waals surface area contributed by atoms with Gasteiger partial charge in [0.2, 0.25) is 11.9 Å². The number of hydrogen-bond acceptors (Lipinski definition) is 11. The van der Waals surface area contributed by atoms with Gasteiger partial charge in [-0.15, -0.1) is 0 Å². The van der Waals surface area contributed by atoms with E-state index in [1.54, 1.807) is 0 Å². The maximum atomic E-state index is 12.9. The van der Waals surface area contributed by atoms with Crippen LogP contribution in [-0.2, 0) is 4.74 Å². The Morgan fingerprint density at radius 3 is 1.85 bits per heavy atom. The molecule has 4 atom stereocenters. The molecule has 0 spiro atoms. The summed E-state index contributed by atoms with van der Waals surface area (Å²) in [5.74, 6) is 1.56. The summed E-state index contributed by atoms with van der Waals surface area (Å²) in [6.07, 6.45) is 5.83. The summed E-state index contributed by atoms with van der Waals surface area (Å²) in [6, 6.07) is 15.8. The number of carbonyl (C=O) groups is 1. The minimum atomic E-state index is -0.325. The van der Waals surface area contributed by atoms with Crippen molar-refractivity contribution in [1.29, 1.82) is 0 Å². The Kier molecular flexibility index (Phi) is 9.62. The van der Waals surface area contributed by atoms with Gasteiger partial charge in [-0.2, -0.15) is 15.0 Å². The van der Waals surface area contributed by atoms with E-state index in [0.717, 1.165) is 62.9 Å². The van der Waals surface area contributed by atoms with Gasteiger partial charge >= 0.3 is 6.03 Å². The molecule has 1 aromatic heterocycles. The number of anilines is 5. The molecule has 4 N–H and O–H groups in total. The van der Waals surface area contributed by atoms with E-state index >= 15 is 0 Å². The molecule has 4 fully saturated rings. The number of piperidine rings is 1. The molecule has 13 nitrogen and oxygen atoms in total. The number of nitrogens with one attached hydrogen (secondary N) is 2. The van der Waals surface area contributed by atoms with E-state index in [-0.39, 0.29) is 43.4 Å². The van der Waals surface area contributed by atoms with Crippen LogP contribution in [0.1, 0.15) is 38.5 Å². The quantitative estimate of drug-likeness (QED) is 0.269. The predicted molar refractivity (Wildman–Crippen MR) is 187 cm³/mol. The lowest BCUT2D eigenvalue weighted by atomic mass is 10.0. The number of hydrogen-bond donors (Lipinski definition) is 4. The number of aromatic nitrogens is 3. The molecule has 5 heterocycles. The highest BCUT2D eigenvalue weighted by Gasteiger charge is 2.41. The molecule has 256 valence electrons. The fraction of sp³-hybridized carbons (Fsp3) is 0.543. The zero-order valence-electron chi connectivity index (χ0n) is 27.8. The number of fused-ring (bicyclic) bond motifs is 2. The Hall–Kier alpha value is -4.04. The number of rotatable bonds is 9. The molecule has 2 bridgehead atoms. The smallest absolute Gasteiger partial charge is 0.323 e. The molecular weight excluding hydrogens is 610 g/mol. The average molecular weight is 658 g/mol. The maximum Gasteiger partial charge on any atom is 0.323 e. The van der Waals surface area contributed by atoms with Crippen LogP contribution in [0.3, 0.4) is 0 Å². The number of urea groups is 1. The van der Waals surface area contributed by atoms with Crippen molar-refractivity contribution in [3.05, 3.63) is 48.5 Å². The number of ether oxygens (including phenoxy) is 1. The average Bonchev–Trinajstić information content (AvgIpc) is 3.65. The van der Waals surface area contributed by atoms with E-state index in [0.29, 0.717) is 42.7 Å². The van der Waals surface area contributed by atoms with E-state index in [1.165, 1.54) is 5.69 Å². The summed E-state index contributed by atoms with van der Waals surface area (Å²) in [4.78, 5) is 36.5. The van der Waals surface area contributed by atoms with Crippen LogP contribution in [0, 0.1) is 0 Å². The first kappa shape index (κ1) is 32.5. The second kappa shape index (κ2) is 14.2. The van der Waals surface area contributed by atoms with E-state index in [9.17, 15) is 15.0 Å². The highest BCUT2D eigenvalue weighted by Crippen LogP contribution is 2.36. The van der Waals surface area contributed by atoms with Crippen molar-refractivity contribution in [2.45, 2.75) is 68.7 Å². The molecule has 2 unspecified atom stereocenters. The first-order chi connectivity index (χ1) is 23.4. The zero-order chi connectivity index (χ0) is 33.2. The van der Waals surface area contributed by atoms with Gasteiger partial charge in [-0.05, 0) is 101 Å². The van der Waals surface area contributed by atoms with E-state index < -0.39 is 0 Å². The molecule has 0 saturated carbocycles. The fourth-order valence-electron chi connectivity index (χ4n) is 7.71. The molecule has 7 rings (SSSR count). The van der Waals surface area contributed by atoms with Gasteiger partial charge in [0.1, 0.15) is 0 Å². The van der Waals surface area contributed by atoms with Crippen LogP contribution < -0.4 is 25.3 Å². The minimum Gasteiger partial charge on any atom is -0.394 e. The van der Waals surface area contributed by atoms with Crippen molar-refractivity contribution in [3.63, 3.8) is 0 Å². The third-order valence-corrected chi connectivity index (χ3v) is 10.4. The molecule has 2 aromatic carbocycles.